The maximum atomic E-state index is 2.56. The molecule has 1 unspecified atom stereocenters. The molecule has 1 rings (SSSR count). The molecule has 0 saturated heterocycles. The van der Waals surface area contributed by atoms with Gasteiger partial charge in [-0.1, -0.05) is 225 Å². The van der Waals surface area contributed by atoms with Crippen molar-refractivity contribution < 1.29 is 0 Å². The largest absolute Gasteiger partial charge is 0.344 e. The zero-order valence-corrected chi connectivity index (χ0v) is 29.7. The molecule has 0 aliphatic carbocycles. The van der Waals surface area contributed by atoms with Crippen LogP contribution in [0.2, 0.25) is 0 Å². The summed E-state index contributed by atoms with van der Waals surface area (Å²) < 4.78 is 0. The van der Waals surface area contributed by atoms with Gasteiger partial charge in [0.05, 0.1) is 0 Å². The quantitative estimate of drug-likeness (QED) is 0.0864. The summed E-state index contributed by atoms with van der Waals surface area (Å²) in [5.74, 6) is 0.864. The van der Waals surface area contributed by atoms with Crippen LogP contribution >= 0.6 is 0 Å². The molecule has 42 heavy (non-hydrogen) atoms. The van der Waals surface area contributed by atoms with Crippen LogP contribution in [0.25, 0.3) is 0 Å². The van der Waals surface area contributed by atoms with Crippen LogP contribution in [0.5, 0.6) is 0 Å². The fourth-order valence-corrected chi connectivity index (χ4v) is 7.01. The van der Waals surface area contributed by atoms with Gasteiger partial charge >= 0.3 is 0 Å². The second-order valence-corrected chi connectivity index (χ2v) is 14.4. The molecule has 1 atom stereocenters. The Morgan fingerprint density at radius 1 is 0.429 bits per heavy atom. The van der Waals surface area contributed by atoms with Crippen molar-refractivity contribution in [3.63, 3.8) is 0 Å². The maximum Gasteiger partial charge on any atom is -0.0225 e. The zero-order valence-electron chi connectivity index (χ0n) is 29.7. The Kier molecular flexibility index (Phi) is 29.6. The first kappa shape index (κ1) is 41.2. The molecule has 248 valence electrons. The summed E-state index contributed by atoms with van der Waals surface area (Å²) in [6.45, 7) is 9.75. The Morgan fingerprint density at radius 2 is 0.714 bits per heavy atom. The molecular formula is C41H79N. The van der Waals surface area contributed by atoms with E-state index in [1.807, 2.05) is 0 Å². The summed E-state index contributed by atoms with van der Waals surface area (Å²) >= 11 is 0. The van der Waals surface area contributed by atoms with Gasteiger partial charge in [-0.3, -0.25) is 0 Å². The number of hydrogen-bond donors (Lipinski definition) is 1. The smallest absolute Gasteiger partial charge is 0.0225 e. The minimum atomic E-state index is 0. The van der Waals surface area contributed by atoms with E-state index in [1.54, 1.807) is 0 Å². The predicted octanol–water partition coefficient (Wildman–Crippen LogP) is 15.0. The number of benzene rings is 1. The molecule has 0 aliphatic heterocycles. The first-order valence-corrected chi connectivity index (χ1v) is 19.1. The molecule has 0 saturated carbocycles. The minimum absolute atomic E-state index is 0. The number of unbranched alkanes of at least 4 members (excludes halogenated alkanes) is 24. The van der Waals surface area contributed by atoms with Crippen LogP contribution in [0.15, 0.2) is 30.3 Å². The molecule has 0 radical (unpaired) electrons. The predicted molar refractivity (Wildman–Crippen MR) is 193 cm³/mol. The molecule has 3 N–H and O–H groups in total. The van der Waals surface area contributed by atoms with E-state index < -0.39 is 0 Å². The maximum absolute atomic E-state index is 2.56. The van der Waals surface area contributed by atoms with Crippen molar-refractivity contribution in [3.05, 3.63) is 35.9 Å². The summed E-state index contributed by atoms with van der Waals surface area (Å²) in [5, 5.41) is 0. The van der Waals surface area contributed by atoms with Crippen LogP contribution < -0.4 is 6.15 Å². The van der Waals surface area contributed by atoms with Gasteiger partial charge in [0.2, 0.25) is 0 Å². The average Bonchev–Trinajstić information content (AvgIpc) is 2.97. The third-order valence-electron chi connectivity index (χ3n) is 9.92. The van der Waals surface area contributed by atoms with E-state index >= 15 is 0 Å². The molecule has 0 heterocycles. The van der Waals surface area contributed by atoms with Gasteiger partial charge in [-0.15, -0.1) is 0 Å². The van der Waals surface area contributed by atoms with Crippen LogP contribution in [-0.2, 0) is 6.42 Å². The molecule has 0 aromatic heterocycles. The van der Waals surface area contributed by atoms with Gasteiger partial charge in [0.15, 0.2) is 0 Å². The standard InChI is InChI=1S/C41H76.H3N/c1-5-7-9-11-13-15-17-19-20-22-24-26-28-33-37-40(41(3,4)38-39-34-30-29-31-35-39)36-32-27-25-23-21-18-16-14-12-10-8-6-2;/h29-31,34-35,40H,5-28,32-33,36-38H2,1-4H3;1H3. The molecule has 0 aliphatic rings. The van der Waals surface area contributed by atoms with E-state index in [0.29, 0.717) is 5.41 Å². The van der Waals surface area contributed by atoms with Crippen molar-refractivity contribution in [3.8, 4) is 0 Å². The lowest BCUT2D eigenvalue weighted by molar-refractivity contribution is 0.176. The van der Waals surface area contributed by atoms with Gasteiger partial charge in [-0.05, 0) is 36.2 Å². The lowest BCUT2D eigenvalue weighted by atomic mass is 9.70. The van der Waals surface area contributed by atoms with Crippen LogP contribution in [0, 0.1) is 11.3 Å². The van der Waals surface area contributed by atoms with Gasteiger partial charge in [-0.25, -0.2) is 0 Å². The van der Waals surface area contributed by atoms with Crippen molar-refractivity contribution in [2.45, 2.75) is 214 Å². The second-order valence-electron chi connectivity index (χ2n) is 14.4. The van der Waals surface area contributed by atoms with E-state index in [-0.39, 0.29) is 6.15 Å². The summed E-state index contributed by atoms with van der Waals surface area (Å²) in [7, 11) is 0. The van der Waals surface area contributed by atoms with E-state index in [2.05, 4.69) is 58.0 Å². The Bertz CT molecular complexity index is 636. The van der Waals surface area contributed by atoms with Crippen molar-refractivity contribution in [2.75, 3.05) is 0 Å². The molecule has 1 aromatic rings. The number of rotatable bonds is 31. The molecule has 1 aromatic carbocycles. The monoisotopic (exact) mass is 586 g/mol. The number of hydrogen-bond acceptors (Lipinski definition) is 1. The van der Waals surface area contributed by atoms with Gasteiger partial charge < -0.3 is 6.15 Å². The van der Waals surface area contributed by atoms with E-state index in [0.717, 1.165) is 5.92 Å². The van der Waals surface area contributed by atoms with Crippen molar-refractivity contribution >= 4 is 0 Å². The lowest BCUT2D eigenvalue weighted by Crippen LogP contribution is -2.27. The molecular weight excluding hydrogens is 506 g/mol. The average molecular weight is 586 g/mol. The molecule has 0 amide bonds. The Morgan fingerprint density at radius 3 is 1.02 bits per heavy atom. The first-order valence-electron chi connectivity index (χ1n) is 19.1. The molecule has 0 spiro atoms. The second kappa shape index (κ2) is 30.2. The van der Waals surface area contributed by atoms with E-state index in [9.17, 15) is 0 Å². The van der Waals surface area contributed by atoms with Crippen molar-refractivity contribution in [1.82, 2.24) is 6.15 Å². The van der Waals surface area contributed by atoms with Gasteiger partial charge in [0, 0.05) is 0 Å². The summed E-state index contributed by atoms with van der Waals surface area (Å²) in [6, 6.07) is 11.3. The molecule has 0 fully saturated rings. The third kappa shape index (κ3) is 24.6. The Balaban J connectivity index is 0.0000168. The third-order valence-corrected chi connectivity index (χ3v) is 9.92. The van der Waals surface area contributed by atoms with E-state index in [4.69, 9.17) is 0 Å². The van der Waals surface area contributed by atoms with Crippen LogP contribution in [0.3, 0.4) is 0 Å². The van der Waals surface area contributed by atoms with Gasteiger partial charge in [-0.2, -0.15) is 0 Å². The highest BCUT2D eigenvalue weighted by atomic mass is 14.3. The Labute approximate surface area is 266 Å². The first-order chi connectivity index (χ1) is 20.1. The van der Waals surface area contributed by atoms with E-state index in [1.165, 1.54) is 192 Å². The Hall–Kier alpha value is -0.820. The fraction of sp³-hybridized carbons (Fsp3) is 0.854. The van der Waals surface area contributed by atoms with Crippen LogP contribution in [-0.4, -0.2) is 0 Å². The minimum Gasteiger partial charge on any atom is -0.344 e. The highest BCUT2D eigenvalue weighted by Gasteiger charge is 2.28. The molecule has 1 nitrogen and oxygen atoms in total. The van der Waals surface area contributed by atoms with Crippen LogP contribution in [0.4, 0.5) is 0 Å². The highest BCUT2D eigenvalue weighted by molar-refractivity contribution is 5.16. The van der Waals surface area contributed by atoms with Crippen LogP contribution in [0.1, 0.15) is 213 Å². The molecule has 0 bridgehead atoms. The lowest BCUT2D eigenvalue weighted by Gasteiger charge is -2.35. The normalized spacial score (nSPS) is 12.4. The topological polar surface area (TPSA) is 35.0 Å². The summed E-state index contributed by atoms with van der Waals surface area (Å²) in [5.41, 5.74) is 1.92. The highest BCUT2D eigenvalue weighted by Crippen LogP contribution is 2.38. The summed E-state index contributed by atoms with van der Waals surface area (Å²) in [6.07, 6.45) is 41.9. The fourth-order valence-electron chi connectivity index (χ4n) is 7.01. The molecule has 1 heteroatoms. The summed E-state index contributed by atoms with van der Waals surface area (Å²) in [4.78, 5) is 0. The SMILES string of the molecule is CCCCCCCCCCCCCCCCC(CCCCCCCCCCCCCC)C(C)(C)Cc1ccccc1.N. The van der Waals surface area contributed by atoms with Crippen molar-refractivity contribution in [1.29, 1.82) is 0 Å². The van der Waals surface area contributed by atoms with Gasteiger partial charge in [0.1, 0.15) is 0 Å². The zero-order chi connectivity index (χ0) is 29.7. The van der Waals surface area contributed by atoms with Crippen molar-refractivity contribution in [2.24, 2.45) is 11.3 Å². The van der Waals surface area contributed by atoms with Gasteiger partial charge in [0.25, 0.3) is 0 Å².